The highest BCUT2D eigenvalue weighted by Gasteiger charge is 2.35. The van der Waals surface area contributed by atoms with Gasteiger partial charge in [-0.1, -0.05) is 54.1 Å². The molecule has 1 amide bonds. The molecule has 3 rings (SSSR count). The first kappa shape index (κ1) is 16.2. The Kier molecular flexibility index (Phi) is 4.65. The largest absolute Gasteiger partial charge is 0.459 e. The van der Waals surface area contributed by atoms with E-state index >= 15 is 0 Å². The maximum absolute atomic E-state index is 12.6. The van der Waals surface area contributed by atoms with Crippen LogP contribution in [-0.4, -0.2) is 29.9 Å². The van der Waals surface area contributed by atoms with Crippen LogP contribution in [0.25, 0.3) is 0 Å². The van der Waals surface area contributed by atoms with Gasteiger partial charge in [0.2, 0.25) is 0 Å². The highest BCUT2D eigenvalue weighted by Crippen LogP contribution is 2.35. The fraction of sp³-hybridized carbons (Fsp3) is 0.300. The molecule has 0 fully saturated rings. The number of ether oxygens (including phenoxy) is 1. The maximum Gasteiger partial charge on any atom is 0.397 e. The van der Waals surface area contributed by atoms with E-state index in [4.69, 9.17) is 4.74 Å². The Balaban J connectivity index is 2.03. The Bertz CT molecular complexity index is 752. The van der Waals surface area contributed by atoms with Crippen LogP contribution in [0.1, 0.15) is 35.2 Å². The van der Waals surface area contributed by atoms with Gasteiger partial charge in [0.25, 0.3) is 0 Å². The predicted molar refractivity (Wildman–Crippen MR) is 91.5 cm³/mol. The molecule has 0 N–H and O–H groups in total. The van der Waals surface area contributed by atoms with Gasteiger partial charge in [0.15, 0.2) is 0 Å². The molecule has 0 aliphatic carbocycles. The van der Waals surface area contributed by atoms with Crippen LogP contribution < -0.4 is 0 Å². The van der Waals surface area contributed by atoms with E-state index < -0.39 is 11.9 Å². The summed E-state index contributed by atoms with van der Waals surface area (Å²) in [6.45, 7) is 4.44. The van der Waals surface area contributed by atoms with Gasteiger partial charge in [0.05, 0.1) is 12.6 Å². The van der Waals surface area contributed by atoms with Gasteiger partial charge in [-0.25, -0.2) is 4.79 Å². The summed E-state index contributed by atoms with van der Waals surface area (Å²) < 4.78 is 4.92. The SMILES string of the molecule is CCOC(=O)C(=O)N1CCc2ccccc2C1c1ccc(C)cc1. The number of carbonyl (C=O) groups excluding carboxylic acids is 2. The number of esters is 1. The lowest BCUT2D eigenvalue weighted by molar-refractivity contribution is -0.161. The topological polar surface area (TPSA) is 46.6 Å². The van der Waals surface area contributed by atoms with Crippen LogP contribution in [0, 0.1) is 6.92 Å². The number of aryl methyl sites for hydroxylation is 1. The minimum Gasteiger partial charge on any atom is -0.459 e. The van der Waals surface area contributed by atoms with Crippen LogP contribution in [-0.2, 0) is 20.7 Å². The van der Waals surface area contributed by atoms with Gasteiger partial charge < -0.3 is 9.64 Å². The maximum atomic E-state index is 12.6. The summed E-state index contributed by atoms with van der Waals surface area (Å²) in [4.78, 5) is 26.2. The van der Waals surface area contributed by atoms with Gasteiger partial charge in [0, 0.05) is 6.54 Å². The van der Waals surface area contributed by atoms with Gasteiger partial charge >= 0.3 is 11.9 Å². The van der Waals surface area contributed by atoms with Gasteiger partial charge in [0.1, 0.15) is 0 Å². The Morgan fingerprint density at radius 1 is 1.12 bits per heavy atom. The number of carbonyl (C=O) groups is 2. The lowest BCUT2D eigenvalue weighted by Gasteiger charge is -2.37. The molecule has 0 aromatic heterocycles. The van der Waals surface area contributed by atoms with Crippen LogP contribution in [0.5, 0.6) is 0 Å². The number of nitrogens with zero attached hydrogens (tertiary/aromatic N) is 1. The van der Waals surface area contributed by atoms with Crippen molar-refractivity contribution in [3.8, 4) is 0 Å². The van der Waals surface area contributed by atoms with Crippen molar-refractivity contribution in [2.75, 3.05) is 13.2 Å². The summed E-state index contributed by atoms with van der Waals surface area (Å²) in [5.74, 6) is -1.36. The van der Waals surface area contributed by atoms with Crippen molar-refractivity contribution >= 4 is 11.9 Å². The van der Waals surface area contributed by atoms with Crippen molar-refractivity contribution in [3.63, 3.8) is 0 Å². The van der Waals surface area contributed by atoms with Gasteiger partial charge in [-0.2, -0.15) is 0 Å². The highest BCUT2D eigenvalue weighted by molar-refractivity contribution is 6.32. The third kappa shape index (κ3) is 3.04. The van der Waals surface area contributed by atoms with Crippen LogP contribution in [0.3, 0.4) is 0 Å². The molecule has 0 radical (unpaired) electrons. The average molecular weight is 323 g/mol. The first-order valence-electron chi connectivity index (χ1n) is 8.24. The van der Waals surface area contributed by atoms with Crippen molar-refractivity contribution in [3.05, 3.63) is 70.8 Å². The van der Waals surface area contributed by atoms with Gasteiger partial charge in [-0.05, 0) is 37.0 Å². The van der Waals surface area contributed by atoms with E-state index in [9.17, 15) is 9.59 Å². The molecule has 0 saturated heterocycles. The third-order valence-corrected chi connectivity index (χ3v) is 4.39. The van der Waals surface area contributed by atoms with E-state index in [2.05, 4.69) is 6.07 Å². The van der Waals surface area contributed by atoms with Crippen molar-refractivity contribution in [2.45, 2.75) is 26.3 Å². The first-order valence-corrected chi connectivity index (χ1v) is 8.24. The molecule has 2 aromatic carbocycles. The number of fused-ring (bicyclic) bond motifs is 1. The Morgan fingerprint density at radius 3 is 2.54 bits per heavy atom. The standard InChI is InChI=1S/C20H21NO3/c1-3-24-20(23)19(22)21-13-12-15-6-4-5-7-17(15)18(21)16-10-8-14(2)9-11-16/h4-11,18H,3,12-13H2,1-2H3. The van der Waals surface area contributed by atoms with Crippen LogP contribution in [0.2, 0.25) is 0 Å². The first-order chi connectivity index (χ1) is 11.6. The van der Waals surface area contributed by atoms with E-state index in [1.54, 1.807) is 11.8 Å². The molecule has 0 spiro atoms. The summed E-state index contributed by atoms with van der Waals surface area (Å²) in [5.41, 5.74) is 4.46. The highest BCUT2D eigenvalue weighted by atomic mass is 16.5. The fourth-order valence-corrected chi connectivity index (χ4v) is 3.20. The van der Waals surface area contributed by atoms with E-state index in [-0.39, 0.29) is 12.6 Å². The number of rotatable bonds is 2. The monoisotopic (exact) mass is 323 g/mol. The van der Waals surface area contributed by atoms with Crippen molar-refractivity contribution < 1.29 is 14.3 Å². The molecule has 1 aliphatic rings. The third-order valence-electron chi connectivity index (χ3n) is 4.39. The molecule has 1 atom stereocenters. The summed E-state index contributed by atoms with van der Waals surface area (Å²) in [5, 5.41) is 0. The lowest BCUT2D eigenvalue weighted by Crippen LogP contribution is -2.44. The summed E-state index contributed by atoms with van der Waals surface area (Å²) >= 11 is 0. The normalized spacial score (nSPS) is 16.4. The Morgan fingerprint density at radius 2 is 1.83 bits per heavy atom. The van der Waals surface area contributed by atoms with Crippen LogP contribution in [0.4, 0.5) is 0 Å². The summed E-state index contributed by atoms with van der Waals surface area (Å²) in [6.07, 6.45) is 0.740. The van der Waals surface area contributed by atoms with Gasteiger partial charge in [-0.15, -0.1) is 0 Å². The lowest BCUT2D eigenvalue weighted by atomic mass is 9.88. The number of hydrogen-bond acceptors (Lipinski definition) is 3. The summed E-state index contributed by atoms with van der Waals surface area (Å²) in [6, 6.07) is 15.9. The molecule has 1 unspecified atom stereocenters. The average Bonchev–Trinajstić information content (AvgIpc) is 2.61. The smallest absolute Gasteiger partial charge is 0.397 e. The number of benzene rings is 2. The second-order valence-corrected chi connectivity index (χ2v) is 5.98. The van der Waals surface area contributed by atoms with E-state index in [1.807, 2.05) is 49.4 Å². The summed E-state index contributed by atoms with van der Waals surface area (Å²) in [7, 11) is 0. The van der Waals surface area contributed by atoms with Crippen LogP contribution >= 0.6 is 0 Å². The molecule has 1 aliphatic heterocycles. The predicted octanol–water partition coefficient (Wildman–Crippen LogP) is 3.03. The molecule has 0 saturated carbocycles. The minimum atomic E-state index is -0.783. The minimum absolute atomic E-state index is 0.199. The quantitative estimate of drug-likeness (QED) is 0.630. The molecule has 1 heterocycles. The number of hydrogen-bond donors (Lipinski definition) is 0. The van der Waals surface area contributed by atoms with Crippen molar-refractivity contribution in [1.29, 1.82) is 0 Å². The molecule has 2 aromatic rings. The van der Waals surface area contributed by atoms with E-state index in [0.29, 0.717) is 6.54 Å². The van der Waals surface area contributed by atoms with Crippen LogP contribution in [0.15, 0.2) is 48.5 Å². The van der Waals surface area contributed by atoms with Crippen molar-refractivity contribution in [2.24, 2.45) is 0 Å². The Labute approximate surface area is 142 Å². The molecular weight excluding hydrogens is 302 g/mol. The van der Waals surface area contributed by atoms with Crippen molar-refractivity contribution in [1.82, 2.24) is 4.90 Å². The zero-order valence-electron chi connectivity index (χ0n) is 14.0. The molecule has 24 heavy (non-hydrogen) atoms. The second-order valence-electron chi connectivity index (χ2n) is 5.98. The molecule has 4 heteroatoms. The Hall–Kier alpha value is -2.62. The van der Waals surface area contributed by atoms with E-state index in [1.165, 1.54) is 5.56 Å². The van der Waals surface area contributed by atoms with Gasteiger partial charge in [-0.3, -0.25) is 4.79 Å². The molecule has 4 nitrogen and oxygen atoms in total. The number of amides is 1. The molecule has 0 bridgehead atoms. The zero-order chi connectivity index (χ0) is 17.1. The zero-order valence-corrected chi connectivity index (χ0v) is 14.0. The second kappa shape index (κ2) is 6.87. The molecule has 124 valence electrons. The fourth-order valence-electron chi connectivity index (χ4n) is 3.20. The van der Waals surface area contributed by atoms with E-state index in [0.717, 1.165) is 23.1 Å². The molecular formula is C20H21NO3.